The molecule has 2 rings (SSSR count). The first-order valence-electron chi connectivity index (χ1n) is 4.72. The number of carbonyl (C=O) groups is 1. The molecule has 0 aromatic carbocycles. The first-order valence-corrected chi connectivity index (χ1v) is 4.72. The van der Waals surface area contributed by atoms with Gasteiger partial charge in [-0.05, 0) is 18.6 Å². The maximum absolute atomic E-state index is 11.8. The van der Waals surface area contributed by atoms with Gasteiger partial charge in [0.05, 0.1) is 5.56 Å². The molecular formula is C10H15Cl2N3O. The smallest absolute Gasteiger partial charge is 0.255 e. The second-order valence-electron chi connectivity index (χ2n) is 3.54. The summed E-state index contributed by atoms with van der Waals surface area (Å²) in [7, 11) is 0. The highest BCUT2D eigenvalue weighted by Crippen LogP contribution is 2.11. The van der Waals surface area contributed by atoms with Crippen LogP contribution in [0.15, 0.2) is 24.5 Å². The third-order valence-corrected chi connectivity index (χ3v) is 2.42. The Morgan fingerprint density at radius 1 is 1.50 bits per heavy atom. The molecule has 1 fully saturated rings. The van der Waals surface area contributed by atoms with Crippen molar-refractivity contribution in [3.8, 4) is 0 Å². The van der Waals surface area contributed by atoms with Crippen LogP contribution in [0.25, 0.3) is 0 Å². The first-order chi connectivity index (χ1) is 6.77. The Labute approximate surface area is 107 Å². The van der Waals surface area contributed by atoms with E-state index in [0.717, 1.165) is 13.0 Å². The summed E-state index contributed by atoms with van der Waals surface area (Å²) in [6.07, 6.45) is 4.14. The molecule has 16 heavy (non-hydrogen) atoms. The number of nitrogens with two attached hydrogens (primary N) is 1. The molecule has 4 nitrogen and oxygen atoms in total. The number of pyridine rings is 1. The SMILES string of the molecule is Cl.Cl.NC1CCN(C(=O)c2cccnc2)C1. The monoisotopic (exact) mass is 263 g/mol. The zero-order valence-electron chi connectivity index (χ0n) is 8.70. The summed E-state index contributed by atoms with van der Waals surface area (Å²) >= 11 is 0. The molecule has 0 bridgehead atoms. The number of aromatic nitrogens is 1. The average Bonchev–Trinajstić information content (AvgIpc) is 2.65. The van der Waals surface area contributed by atoms with E-state index in [1.807, 2.05) is 0 Å². The second-order valence-corrected chi connectivity index (χ2v) is 3.54. The van der Waals surface area contributed by atoms with Gasteiger partial charge in [0.1, 0.15) is 0 Å². The minimum absolute atomic E-state index is 0. The number of rotatable bonds is 1. The number of likely N-dealkylation sites (tertiary alicyclic amines) is 1. The number of amides is 1. The standard InChI is InChI=1S/C10H13N3O.2ClH/c11-9-3-5-13(7-9)10(14)8-2-1-4-12-6-8;;/h1-2,4,6,9H,3,5,7,11H2;2*1H. The normalized spacial score (nSPS) is 18.6. The van der Waals surface area contributed by atoms with Gasteiger partial charge in [-0.1, -0.05) is 0 Å². The van der Waals surface area contributed by atoms with E-state index in [2.05, 4.69) is 4.98 Å². The summed E-state index contributed by atoms with van der Waals surface area (Å²) in [4.78, 5) is 17.5. The van der Waals surface area contributed by atoms with Gasteiger partial charge in [0, 0.05) is 31.5 Å². The molecule has 1 atom stereocenters. The van der Waals surface area contributed by atoms with Crippen molar-refractivity contribution in [3.63, 3.8) is 0 Å². The molecule has 1 saturated heterocycles. The lowest BCUT2D eigenvalue weighted by molar-refractivity contribution is 0.0790. The number of carbonyl (C=O) groups excluding carboxylic acids is 1. The van der Waals surface area contributed by atoms with E-state index in [0.29, 0.717) is 12.1 Å². The fraction of sp³-hybridized carbons (Fsp3) is 0.400. The molecule has 1 amide bonds. The van der Waals surface area contributed by atoms with Gasteiger partial charge in [0.15, 0.2) is 0 Å². The zero-order chi connectivity index (χ0) is 9.97. The number of hydrogen-bond donors (Lipinski definition) is 1. The Bertz CT molecular complexity index is 334. The Kier molecular flexibility index (Phi) is 6.33. The van der Waals surface area contributed by atoms with Crippen LogP contribution in [-0.2, 0) is 0 Å². The van der Waals surface area contributed by atoms with Crippen LogP contribution in [0.4, 0.5) is 0 Å². The van der Waals surface area contributed by atoms with Crippen LogP contribution in [0, 0.1) is 0 Å². The molecule has 2 N–H and O–H groups in total. The van der Waals surface area contributed by atoms with Crippen molar-refractivity contribution in [2.24, 2.45) is 5.73 Å². The molecule has 1 unspecified atom stereocenters. The molecule has 2 heterocycles. The minimum atomic E-state index is 0. The summed E-state index contributed by atoms with van der Waals surface area (Å²) in [6.45, 7) is 1.42. The van der Waals surface area contributed by atoms with Crippen LogP contribution in [0.5, 0.6) is 0 Å². The Hall–Kier alpha value is -0.840. The summed E-state index contributed by atoms with van der Waals surface area (Å²) in [5.74, 6) is 0.0334. The van der Waals surface area contributed by atoms with Crippen LogP contribution in [0.3, 0.4) is 0 Å². The molecule has 1 aliphatic rings. The maximum Gasteiger partial charge on any atom is 0.255 e. The van der Waals surface area contributed by atoms with Crippen molar-refractivity contribution >= 4 is 30.7 Å². The van der Waals surface area contributed by atoms with E-state index in [-0.39, 0.29) is 36.8 Å². The van der Waals surface area contributed by atoms with E-state index in [4.69, 9.17) is 5.73 Å². The highest BCUT2D eigenvalue weighted by Gasteiger charge is 2.24. The van der Waals surface area contributed by atoms with Gasteiger partial charge in [0.2, 0.25) is 0 Å². The summed E-state index contributed by atoms with van der Waals surface area (Å²) < 4.78 is 0. The van der Waals surface area contributed by atoms with Gasteiger partial charge in [-0.15, -0.1) is 24.8 Å². The zero-order valence-corrected chi connectivity index (χ0v) is 10.3. The summed E-state index contributed by atoms with van der Waals surface area (Å²) in [5, 5.41) is 0. The van der Waals surface area contributed by atoms with Gasteiger partial charge >= 0.3 is 0 Å². The second kappa shape index (κ2) is 6.68. The van der Waals surface area contributed by atoms with E-state index in [1.54, 1.807) is 29.4 Å². The minimum Gasteiger partial charge on any atom is -0.337 e. The number of halogens is 2. The van der Waals surface area contributed by atoms with Crippen molar-refractivity contribution in [1.82, 2.24) is 9.88 Å². The lowest BCUT2D eigenvalue weighted by Gasteiger charge is -2.15. The molecule has 1 aliphatic heterocycles. The maximum atomic E-state index is 11.8. The van der Waals surface area contributed by atoms with Crippen molar-refractivity contribution in [2.45, 2.75) is 12.5 Å². The molecule has 0 spiro atoms. The highest BCUT2D eigenvalue weighted by atomic mass is 35.5. The average molecular weight is 264 g/mol. The topological polar surface area (TPSA) is 59.2 Å². The van der Waals surface area contributed by atoms with Crippen LogP contribution in [0.1, 0.15) is 16.8 Å². The van der Waals surface area contributed by atoms with E-state index in [1.165, 1.54) is 0 Å². The van der Waals surface area contributed by atoms with Crippen LogP contribution in [-0.4, -0.2) is 34.9 Å². The molecule has 0 saturated carbocycles. The fourth-order valence-electron chi connectivity index (χ4n) is 1.64. The van der Waals surface area contributed by atoms with E-state index in [9.17, 15) is 4.79 Å². The van der Waals surface area contributed by atoms with Gasteiger partial charge in [-0.3, -0.25) is 9.78 Å². The van der Waals surface area contributed by atoms with E-state index < -0.39 is 0 Å². The molecule has 0 aliphatic carbocycles. The third kappa shape index (κ3) is 3.33. The van der Waals surface area contributed by atoms with Gasteiger partial charge in [-0.2, -0.15) is 0 Å². The molecule has 0 radical (unpaired) electrons. The molecule has 6 heteroatoms. The van der Waals surface area contributed by atoms with Crippen molar-refractivity contribution in [2.75, 3.05) is 13.1 Å². The van der Waals surface area contributed by atoms with E-state index >= 15 is 0 Å². The van der Waals surface area contributed by atoms with Crippen molar-refractivity contribution < 1.29 is 4.79 Å². The Balaban J connectivity index is 0.00000112. The Morgan fingerprint density at radius 3 is 2.75 bits per heavy atom. The van der Waals surface area contributed by atoms with Crippen LogP contribution < -0.4 is 5.73 Å². The molecule has 90 valence electrons. The number of hydrogen-bond acceptors (Lipinski definition) is 3. The summed E-state index contributed by atoms with van der Waals surface area (Å²) in [6, 6.07) is 3.68. The van der Waals surface area contributed by atoms with Gasteiger partial charge in [0.25, 0.3) is 5.91 Å². The highest BCUT2D eigenvalue weighted by molar-refractivity contribution is 5.94. The summed E-state index contributed by atoms with van der Waals surface area (Å²) in [5.41, 5.74) is 6.37. The van der Waals surface area contributed by atoms with Crippen molar-refractivity contribution in [1.29, 1.82) is 0 Å². The predicted octanol–water partition coefficient (Wildman–Crippen LogP) is 1.10. The molecule has 1 aromatic heterocycles. The molecular weight excluding hydrogens is 249 g/mol. The largest absolute Gasteiger partial charge is 0.337 e. The van der Waals surface area contributed by atoms with Crippen LogP contribution >= 0.6 is 24.8 Å². The van der Waals surface area contributed by atoms with Crippen molar-refractivity contribution in [3.05, 3.63) is 30.1 Å². The number of nitrogens with zero attached hydrogens (tertiary/aromatic N) is 2. The van der Waals surface area contributed by atoms with Crippen LogP contribution in [0.2, 0.25) is 0 Å². The first kappa shape index (κ1) is 15.2. The fourth-order valence-corrected chi connectivity index (χ4v) is 1.64. The Morgan fingerprint density at radius 2 is 2.25 bits per heavy atom. The lowest BCUT2D eigenvalue weighted by atomic mass is 10.2. The molecule has 1 aromatic rings. The van der Waals surface area contributed by atoms with Gasteiger partial charge in [-0.25, -0.2) is 0 Å². The predicted molar refractivity (Wildman–Crippen MR) is 67.2 cm³/mol. The quantitative estimate of drug-likeness (QED) is 0.826. The third-order valence-electron chi connectivity index (χ3n) is 2.42. The van der Waals surface area contributed by atoms with Gasteiger partial charge < -0.3 is 10.6 Å². The lowest BCUT2D eigenvalue weighted by Crippen LogP contribution is -2.31.